The fourth-order valence-electron chi connectivity index (χ4n) is 1.66. The summed E-state index contributed by atoms with van der Waals surface area (Å²) in [6.07, 6.45) is -0.0980. The standard InChI is InChI=1S/C13H20N2O3/c1-18-12(8-14)13(17)15-11(9-16)7-10-5-3-2-4-6-10/h2-6,11-12,16H,7-9,14H2,1H3,(H,15,17)/t11-,12?/m1/s1. The van der Waals surface area contributed by atoms with E-state index in [1.54, 1.807) is 0 Å². The smallest absolute Gasteiger partial charge is 0.250 e. The monoisotopic (exact) mass is 252 g/mol. The number of carbonyl (C=O) groups excluding carboxylic acids is 1. The highest BCUT2D eigenvalue weighted by Gasteiger charge is 2.19. The maximum atomic E-state index is 11.7. The zero-order valence-corrected chi connectivity index (χ0v) is 10.5. The minimum Gasteiger partial charge on any atom is -0.394 e. The van der Waals surface area contributed by atoms with Gasteiger partial charge in [0.05, 0.1) is 12.6 Å². The molecule has 2 atom stereocenters. The number of aliphatic hydroxyl groups excluding tert-OH is 1. The highest BCUT2D eigenvalue weighted by atomic mass is 16.5. The fraction of sp³-hybridized carbons (Fsp3) is 0.462. The van der Waals surface area contributed by atoms with E-state index in [0.717, 1.165) is 5.56 Å². The Morgan fingerprint density at radius 3 is 2.61 bits per heavy atom. The number of rotatable bonds is 7. The van der Waals surface area contributed by atoms with Crippen molar-refractivity contribution < 1.29 is 14.6 Å². The van der Waals surface area contributed by atoms with E-state index in [4.69, 9.17) is 10.5 Å². The lowest BCUT2D eigenvalue weighted by Crippen LogP contribution is -2.47. The lowest BCUT2D eigenvalue weighted by Gasteiger charge is -2.19. The third kappa shape index (κ3) is 4.44. The molecule has 0 radical (unpaired) electrons. The van der Waals surface area contributed by atoms with Crippen LogP contribution in [0.2, 0.25) is 0 Å². The summed E-state index contributed by atoms with van der Waals surface area (Å²) in [6.45, 7) is -0.00649. The molecule has 5 nitrogen and oxygen atoms in total. The molecule has 0 fully saturated rings. The minimum absolute atomic E-state index is 0.117. The van der Waals surface area contributed by atoms with Gasteiger partial charge in [0.15, 0.2) is 0 Å². The molecule has 0 heterocycles. The van der Waals surface area contributed by atoms with Gasteiger partial charge in [-0.05, 0) is 12.0 Å². The highest BCUT2D eigenvalue weighted by molar-refractivity contribution is 5.81. The lowest BCUT2D eigenvalue weighted by atomic mass is 10.1. The van der Waals surface area contributed by atoms with Gasteiger partial charge in [-0.15, -0.1) is 0 Å². The van der Waals surface area contributed by atoms with Crippen molar-refractivity contribution in [2.45, 2.75) is 18.6 Å². The Hall–Kier alpha value is -1.43. The Bertz CT molecular complexity index is 353. The van der Waals surface area contributed by atoms with Crippen LogP contribution in [0, 0.1) is 0 Å². The van der Waals surface area contributed by atoms with Gasteiger partial charge < -0.3 is 20.9 Å². The predicted octanol–water partition coefficient (Wildman–Crippen LogP) is -0.320. The van der Waals surface area contributed by atoms with Gasteiger partial charge in [-0.2, -0.15) is 0 Å². The summed E-state index contributed by atoms with van der Waals surface area (Å²) < 4.78 is 4.94. The number of aliphatic hydroxyl groups is 1. The quantitative estimate of drug-likeness (QED) is 0.621. The number of nitrogens with one attached hydrogen (secondary N) is 1. The third-order valence-electron chi connectivity index (χ3n) is 2.68. The average Bonchev–Trinajstić information content (AvgIpc) is 2.40. The number of benzene rings is 1. The van der Waals surface area contributed by atoms with Crippen LogP contribution >= 0.6 is 0 Å². The SMILES string of the molecule is COC(CN)C(=O)N[C@@H](CO)Cc1ccccc1. The van der Waals surface area contributed by atoms with Gasteiger partial charge in [0, 0.05) is 13.7 Å². The molecule has 1 aromatic carbocycles. The number of hydrogen-bond acceptors (Lipinski definition) is 4. The van der Waals surface area contributed by atoms with Crippen molar-refractivity contribution in [1.29, 1.82) is 0 Å². The van der Waals surface area contributed by atoms with E-state index in [-0.39, 0.29) is 25.1 Å². The molecule has 18 heavy (non-hydrogen) atoms. The van der Waals surface area contributed by atoms with Gasteiger partial charge in [-0.3, -0.25) is 4.79 Å². The summed E-state index contributed by atoms with van der Waals surface area (Å²) in [4.78, 5) is 11.7. The Kier molecular flexibility index (Phi) is 6.35. The van der Waals surface area contributed by atoms with Gasteiger partial charge in [-0.25, -0.2) is 0 Å². The molecule has 1 unspecified atom stereocenters. The van der Waals surface area contributed by atoms with Crippen LogP contribution in [-0.4, -0.2) is 43.4 Å². The average molecular weight is 252 g/mol. The normalized spacial score (nSPS) is 13.9. The molecule has 1 amide bonds. The van der Waals surface area contributed by atoms with Crippen LogP contribution in [0.5, 0.6) is 0 Å². The van der Waals surface area contributed by atoms with Crippen molar-refractivity contribution in [2.75, 3.05) is 20.3 Å². The van der Waals surface area contributed by atoms with E-state index in [0.29, 0.717) is 6.42 Å². The van der Waals surface area contributed by atoms with Gasteiger partial charge in [0.25, 0.3) is 5.91 Å². The molecule has 0 aliphatic heterocycles. The van der Waals surface area contributed by atoms with E-state index in [1.165, 1.54) is 7.11 Å². The Morgan fingerprint density at radius 2 is 2.11 bits per heavy atom. The van der Waals surface area contributed by atoms with Crippen LogP contribution in [0.3, 0.4) is 0 Å². The Balaban J connectivity index is 2.54. The summed E-state index contributed by atoms with van der Waals surface area (Å²) in [5, 5.41) is 12.0. The summed E-state index contributed by atoms with van der Waals surface area (Å²) in [5.74, 6) is -0.296. The maximum Gasteiger partial charge on any atom is 0.250 e. The van der Waals surface area contributed by atoms with Gasteiger partial charge in [-0.1, -0.05) is 30.3 Å². The second kappa shape index (κ2) is 7.81. The molecule has 0 aliphatic carbocycles. The molecule has 0 spiro atoms. The number of carbonyl (C=O) groups is 1. The predicted molar refractivity (Wildman–Crippen MR) is 69.0 cm³/mol. The fourth-order valence-corrected chi connectivity index (χ4v) is 1.66. The second-order valence-electron chi connectivity index (χ2n) is 4.04. The molecular formula is C13H20N2O3. The van der Waals surface area contributed by atoms with Gasteiger partial charge in [0.2, 0.25) is 0 Å². The number of ether oxygens (including phenoxy) is 1. The van der Waals surface area contributed by atoms with Gasteiger partial charge in [0.1, 0.15) is 6.10 Å². The third-order valence-corrected chi connectivity index (χ3v) is 2.68. The molecule has 1 rings (SSSR count). The molecule has 0 bridgehead atoms. The summed E-state index contributed by atoms with van der Waals surface area (Å²) in [6, 6.07) is 9.33. The summed E-state index contributed by atoms with van der Waals surface area (Å²) >= 11 is 0. The summed E-state index contributed by atoms with van der Waals surface area (Å²) in [7, 11) is 1.43. The first kappa shape index (κ1) is 14.6. The van der Waals surface area contributed by atoms with Crippen molar-refractivity contribution in [1.82, 2.24) is 5.32 Å². The van der Waals surface area contributed by atoms with Gasteiger partial charge >= 0.3 is 0 Å². The van der Waals surface area contributed by atoms with Crippen LogP contribution in [-0.2, 0) is 16.0 Å². The van der Waals surface area contributed by atoms with Crippen molar-refractivity contribution in [2.24, 2.45) is 5.73 Å². The van der Waals surface area contributed by atoms with E-state index in [9.17, 15) is 9.90 Å². The second-order valence-corrected chi connectivity index (χ2v) is 4.04. The Labute approximate surface area is 107 Å². The largest absolute Gasteiger partial charge is 0.394 e. The molecule has 100 valence electrons. The first-order valence-corrected chi connectivity index (χ1v) is 5.89. The van der Waals surface area contributed by atoms with Crippen LogP contribution in [0.4, 0.5) is 0 Å². The van der Waals surface area contributed by atoms with Crippen molar-refractivity contribution >= 4 is 5.91 Å². The molecule has 0 aromatic heterocycles. The van der Waals surface area contributed by atoms with E-state index in [2.05, 4.69) is 5.32 Å². The van der Waals surface area contributed by atoms with Crippen molar-refractivity contribution in [3.05, 3.63) is 35.9 Å². The number of methoxy groups -OCH3 is 1. The van der Waals surface area contributed by atoms with Crippen LogP contribution in [0.15, 0.2) is 30.3 Å². The van der Waals surface area contributed by atoms with E-state index in [1.807, 2.05) is 30.3 Å². The minimum atomic E-state index is -0.671. The highest BCUT2D eigenvalue weighted by Crippen LogP contribution is 2.03. The zero-order chi connectivity index (χ0) is 13.4. The maximum absolute atomic E-state index is 11.7. The zero-order valence-electron chi connectivity index (χ0n) is 10.5. The topological polar surface area (TPSA) is 84.6 Å². The molecule has 0 saturated carbocycles. The number of amides is 1. The molecule has 1 aromatic rings. The molecule has 4 N–H and O–H groups in total. The summed E-state index contributed by atoms with van der Waals surface area (Å²) in [5.41, 5.74) is 6.46. The van der Waals surface area contributed by atoms with Crippen molar-refractivity contribution in [3.63, 3.8) is 0 Å². The van der Waals surface area contributed by atoms with E-state index >= 15 is 0 Å². The molecule has 0 saturated heterocycles. The first-order valence-electron chi connectivity index (χ1n) is 5.89. The molecular weight excluding hydrogens is 232 g/mol. The number of hydrogen-bond donors (Lipinski definition) is 3. The number of nitrogens with two attached hydrogens (primary N) is 1. The molecule has 5 heteroatoms. The van der Waals surface area contributed by atoms with Crippen LogP contribution in [0.25, 0.3) is 0 Å². The first-order chi connectivity index (χ1) is 8.71. The molecule has 0 aliphatic rings. The van der Waals surface area contributed by atoms with Crippen LogP contribution in [0.1, 0.15) is 5.56 Å². The Morgan fingerprint density at radius 1 is 1.44 bits per heavy atom. The van der Waals surface area contributed by atoms with E-state index < -0.39 is 6.10 Å². The lowest BCUT2D eigenvalue weighted by molar-refractivity contribution is -0.131. The van der Waals surface area contributed by atoms with Crippen molar-refractivity contribution in [3.8, 4) is 0 Å². The van der Waals surface area contributed by atoms with Crippen LogP contribution < -0.4 is 11.1 Å².